The third-order valence-corrected chi connectivity index (χ3v) is 11.4. The number of nitrogens with zero attached hydrogens (tertiary/aromatic N) is 6. The summed E-state index contributed by atoms with van der Waals surface area (Å²) in [5, 5.41) is 3.41. The molecule has 67 heavy (non-hydrogen) atoms. The molecule has 2 aliphatic rings. The Balaban J connectivity index is -0.000000740. The summed E-state index contributed by atoms with van der Waals surface area (Å²) in [6.07, 6.45) is 22.3. The molecule has 2 aliphatic heterocycles. The van der Waals surface area contributed by atoms with Crippen LogP contribution in [0.5, 0.6) is 0 Å². The maximum Gasteiger partial charge on any atom is 0.0851 e. The van der Waals surface area contributed by atoms with Crippen LogP contribution in [0, 0.1) is 32.5 Å². The number of nitrogens with one attached hydrogen (secondary N) is 1. The molecule has 1 aromatic heterocycles. The molecule has 0 radical (unpaired) electrons. The predicted octanol–water partition coefficient (Wildman–Crippen LogP) is 14.2. The predicted molar refractivity (Wildman–Crippen MR) is 305 cm³/mol. The fraction of sp³-hybridized carbons (Fsp3) is 0.898. The van der Waals surface area contributed by atoms with Crippen LogP contribution in [0.2, 0.25) is 0 Å². The Morgan fingerprint density at radius 1 is 0.567 bits per heavy atom. The molecule has 0 amide bonds. The first kappa shape index (κ1) is 69.7. The summed E-state index contributed by atoms with van der Waals surface area (Å²) in [7, 11) is 6.47. The van der Waals surface area contributed by atoms with Gasteiger partial charge in [-0.2, -0.15) is 0 Å². The molecule has 8 nitrogen and oxygen atoms in total. The quantitative estimate of drug-likeness (QED) is 0.142. The van der Waals surface area contributed by atoms with Crippen molar-refractivity contribution in [2.45, 2.75) is 215 Å². The number of aliphatic imine (C=N–C) groups is 1. The zero-order valence-electron chi connectivity index (χ0n) is 49.8. The fourth-order valence-corrected chi connectivity index (χ4v) is 6.98. The van der Waals surface area contributed by atoms with Gasteiger partial charge < -0.3 is 30.7 Å². The highest BCUT2D eigenvalue weighted by molar-refractivity contribution is 5.56. The van der Waals surface area contributed by atoms with Gasteiger partial charge in [0, 0.05) is 51.7 Å². The van der Waals surface area contributed by atoms with Crippen molar-refractivity contribution >= 4 is 6.34 Å². The maximum atomic E-state index is 5.34. The van der Waals surface area contributed by atoms with E-state index in [4.69, 9.17) is 5.73 Å². The van der Waals surface area contributed by atoms with Crippen LogP contribution in [-0.2, 0) is 6.42 Å². The number of nitrogens with two attached hydrogens (primary N) is 1. The zero-order chi connectivity index (χ0) is 52.2. The van der Waals surface area contributed by atoms with Crippen LogP contribution in [0.1, 0.15) is 214 Å². The second-order valence-corrected chi connectivity index (χ2v) is 27.3. The lowest BCUT2D eigenvalue weighted by molar-refractivity contribution is 0.147. The van der Waals surface area contributed by atoms with Crippen LogP contribution in [-0.4, -0.2) is 131 Å². The van der Waals surface area contributed by atoms with Gasteiger partial charge in [-0.25, -0.2) is 0 Å². The molecule has 0 atom stereocenters. The molecule has 400 valence electrons. The van der Waals surface area contributed by atoms with Gasteiger partial charge in [-0.1, -0.05) is 132 Å². The van der Waals surface area contributed by atoms with E-state index in [-0.39, 0.29) is 0 Å². The van der Waals surface area contributed by atoms with Crippen molar-refractivity contribution in [1.29, 1.82) is 0 Å². The van der Waals surface area contributed by atoms with Crippen molar-refractivity contribution < 1.29 is 0 Å². The van der Waals surface area contributed by atoms with Crippen molar-refractivity contribution in [2.24, 2.45) is 43.2 Å². The van der Waals surface area contributed by atoms with Crippen molar-refractivity contribution in [2.75, 3.05) is 99.7 Å². The Morgan fingerprint density at radius 2 is 1.01 bits per heavy atom. The second kappa shape index (κ2) is 38.1. The minimum atomic E-state index is 0.434. The largest absolute Gasteiger partial charge is 0.361 e. The summed E-state index contributed by atoms with van der Waals surface area (Å²) in [6.45, 7) is 57.4. The minimum Gasteiger partial charge on any atom is -0.361 e. The van der Waals surface area contributed by atoms with Gasteiger partial charge in [0.15, 0.2) is 0 Å². The fourth-order valence-electron chi connectivity index (χ4n) is 6.98. The maximum absolute atomic E-state index is 5.34. The first-order valence-electron chi connectivity index (χ1n) is 27.3. The van der Waals surface area contributed by atoms with E-state index in [1.165, 1.54) is 135 Å². The topological polar surface area (TPSA) is 76.3 Å². The van der Waals surface area contributed by atoms with E-state index in [1.54, 1.807) is 0 Å². The highest BCUT2D eigenvalue weighted by atomic mass is 15.2. The molecule has 1 aromatic rings. The van der Waals surface area contributed by atoms with Gasteiger partial charge in [-0.3, -0.25) is 9.98 Å². The molecule has 8 heteroatoms. The second-order valence-electron chi connectivity index (χ2n) is 27.3. The van der Waals surface area contributed by atoms with Crippen molar-refractivity contribution in [3.05, 3.63) is 30.1 Å². The molecule has 1 fully saturated rings. The summed E-state index contributed by atoms with van der Waals surface area (Å²) < 4.78 is 0. The number of likely N-dealkylation sites (N-methyl/N-ethyl adjacent to an activating group) is 1. The summed E-state index contributed by atoms with van der Waals surface area (Å²) in [4.78, 5) is 17.7. The van der Waals surface area contributed by atoms with Crippen LogP contribution in [0.15, 0.2) is 29.5 Å². The smallest absolute Gasteiger partial charge is 0.0851 e. The first-order valence-corrected chi connectivity index (χ1v) is 27.3. The van der Waals surface area contributed by atoms with Crippen LogP contribution in [0.4, 0.5) is 0 Å². The molecule has 0 spiro atoms. The Hall–Kier alpha value is -1.58. The highest BCUT2D eigenvalue weighted by Crippen LogP contribution is 2.24. The number of rotatable bonds is 18. The summed E-state index contributed by atoms with van der Waals surface area (Å²) in [6, 6.07) is 4.18. The van der Waals surface area contributed by atoms with E-state index in [9.17, 15) is 0 Å². The number of piperazine rings is 1. The monoisotopic (exact) mass is 945 g/mol. The third kappa shape index (κ3) is 62.4. The summed E-state index contributed by atoms with van der Waals surface area (Å²) >= 11 is 0. The van der Waals surface area contributed by atoms with Gasteiger partial charge in [-0.15, -0.1) is 0 Å². The molecule has 0 aromatic carbocycles. The van der Waals surface area contributed by atoms with Crippen LogP contribution in [0.3, 0.4) is 0 Å². The van der Waals surface area contributed by atoms with Gasteiger partial charge in [0.25, 0.3) is 0 Å². The Bertz CT molecular complexity index is 1230. The van der Waals surface area contributed by atoms with Gasteiger partial charge in [0.2, 0.25) is 0 Å². The first-order chi connectivity index (χ1) is 30.7. The minimum absolute atomic E-state index is 0.434. The van der Waals surface area contributed by atoms with Crippen molar-refractivity contribution in [3.8, 4) is 0 Å². The van der Waals surface area contributed by atoms with E-state index in [0.29, 0.717) is 32.5 Å². The van der Waals surface area contributed by atoms with E-state index in [2.05, 4.69) is 200 Å². The van der Waals surface area contributed by atoms with Gasteiger partial charge in [-0.05, 0) is 188 Å². The number of hydrogen-bond acceptors (Lipinski definition) is 8. The molecule has 3 rings (SSSR count). The van der Waals surface area contributed by atoms with E-state index in [1.807, 2.05) is 18.7 Å². The molecule has 0 unspecified atom stereocenters. The SMILES string of the molecule is CC(C)(C)CCCN.CC(C)(C)CCCN1C=NCC1.CC(C)(C)CCc1ccncc1.CCCNCCCC(C)(C)C.CN(C)CCCC(C)(C)C.CN1CCN(CCCC(C)(C)C)CC1. The molecule has 0 saturated carbocycles. The number of aromatic nitrogens is 1. The Morgan fingerprint density at radius 3 is 1.42 bits per heavy atom. The molecule has 3 heterocycles. The normalized spacial score (nSPS) is 15.0. The van der Waals surface area contributed by atoms with Crippen LogP contribution >= 0.6 is 0 Å². The van der Waals surface area contributed by atoms with Gasteiger partial charge in [0.05, 0.1) is 12.9 Å². The Kier molecular flexibility index (Phi) is 39.7. The molecule has 0 bridgehead atoms. The van der Waals surface area contributed by atoms with E-state index < -0.39 is 0 Å². The average Bonchev–Trinajstić information content (AvgIpc) is 3.70. The van der Waals surface area contributed by atoms with E-state index >= 15 is 0 Å². The van der Waals surface area contributed by atoms with Crippen LogP contribution < -0.4 is 11.1 Å². The lowest BCUT2D eigenvalue weighted by Gasteiger charge is -2.32. The molecule has 1 saturated heterocycles. The van der Waals surface area contributed by atoms with Crippen LogP contribution in [0.25, 0.3) is 0 Å². The summed E-state index contributed by atoms with van der Waals surface area (Å²) in [5.74, 6) is 0. The van der Waals surface area contributed by atoms with Gasteiger partial charge in [0.1, 0.15) is 0 Å². The number of aryl methyl sites for hydroxylation is 1. The molecular formula is C59H124N8. The molecule has 0 aliphatic carbocycles. The van der Waals surface area contributed by atoms with Crippen molar-refractivity contribution in [3.63, 3.8) is 0 Å². The number of pyridine rings is 1. The lowest BCUT2D eigenvalue weighted by atomic mass is 9.89. The molecular weight excluding hydrogens is 821 g/mol. The van der Waals surface area contributed by atoms with Gasteiger partial charge >= 0.3 is 0 Å². The molecule has 3 N–H and O–H groups in total. The highest BCUT2D eigenvalue weighted by Gasteiger charge is 2.16. The number of hydrogen-bond donors (Lipinski definition) is 2. The van der Waals surface area contributed by atoms with E-state index in [0.717, 1.165) is 32.5 Å². The average molecular weight is 946 g/mol. The summed E-state index contributed by atoms with van der Waals surface area (Å²) in [5.41, 5.74) is 9.64. The third-order valence-electron chi connectivity index (χ3n) is 11.4. The zero-order valence-corrected chi connectivity index (χ0v) is 49.8. The lowest BCUT2D eigenvalue weighted by Crippen LogP contribution is -2.44. The Labute approximate surface area is 422 Å². The van der Waals surface area contributed by atoms with Crippen molar-refractivity contribution in [1.82, 2.24) is 29.9 Å². The standard InChI is InChI=1S/C12H26N2.C11H17N.C10H20N2.C10H23N.C9H21N.C7H17N/c1-12(2,3)6-5-7-14-10-8-13(4)9-11-14;1-11(2,3)7-4-10-5-8-12-9-6-10;1-10(2,3)5-4-7-12-8-6-11-9-12;1-5-8-11-9-6-7-10(2,3)4;1-9(2,3)7-6-8-10(4)5;1-7(2,3)5-4-6-8/h5-11H2,1-4H3;5-6,8-9H,4,7H2,1-3H3;9H,4-8H2,1-3H3;11H,5-9H2,1-4H3;6-8H2,1-5H3;4-6,8H2,1-3H3.